The molecule has 0 aromatic carbocycles. The molecule has 1 aliphatic heterocycles. The molecule has 4 heteroatoms. The summed E-state index contributed by atoms with van der Waals surface area (Å²) >= 11 is 0. The van der Waals surface area contributed by atoms with E-state index in [0.717, 1.165) is 0 Å². The summed E-state index contributed by atoms with van der Waals surface area (Å²) in [7, 11) is 3.61. The van der Waals surface area contributed by atoms with Crippen LogP contribution in [-0.4, -0.2) is 48.2 Å². The number of piperidine rings is 1. The van der Waals surface area contributed by atoms with Crippen LogP contribution in [0, 0.1) is 0 Å². The highest BCUT2D eigenvalue weighted by molar-refractivity contribution is 6.20. The van der Waals surface area contributed by atoms with Crippen molar-refractivity contribution in [1.29, 1.82) is 0 Å². The third kappa shape index (κ3) is 2.58. The van der Waals surface area contributed by atoms with Crippen molar-refractivity contribution in [3.63, 3.8) is 0 Å². The first kappa shape index (κ1) is 11.8. The second kappa shape index (κ2) is 4.47. The Bertz CT molecular complexity index is 306. The van der Waals surface area contributed by atoms with E-state index in [9.17, 15) is 9.59 Å². The first-order chi connectivity index (χ1) is 6.93. The number of Topliss-reactive ketones (excluding diaryl/α,β-unsaturated/α-hetero) is 1. The van der Waals surface area contributed by atoms with Gasteiger partial charge in [-0.2, -0.15) is 0 Å². The molecule has 0 N–H and O–H groups in total. The number of nitrogens with zero attached hydrogens (tertiary/aromatic N) is 2. The number of carbonyl (C=O) groups is 2. The molecule has 15 heavy (non-hydrogen) atoms. The van der Waals surface area contributed by atoms with E-state index in [2.05, 4.69) is 0 Å². The van der Waals surface area contributed by atoms with Crippen LogP contribution in [0.4, 0.5) is 0 Å². The van der Waals surface area contributed by atoms with Gasteiger partial charge in [-0.3, -0.25) is 9.59 Å². The zero-order valence-electron chi connectivity index (χ0n) is 9.78. The van der Waals surface area contributed by atoms with E-state index in [-0.39, 0.29) is 17.7 Å². The fourth-order valence-electron chi connectivity index (χ4n) is 1.61. The van der Waals surface area contributed by atoms with Crippen LogP contribution in [0.15, 0.2) is 11.8 Å². The SMILES string of the molecule is CC(C)N1CCC(=O)/C(=C/N(C)C)C1=O. The van der Waals surface area contributed by atoms with Crippen LogP contribution >= 0.6 is 0 Å². The number of amides is 1. The minimum Gasteiger partial charge on any atom is -0.383 e. The maximum atomic E-state index is 11.9. The van der Waals surface area contributed by atoms with E-state index in [0.29, 0.717) is 18.5 Å². The second-order valence-electron chi connectivity index (χ2n) is 4.27. The molecule has 0 atom stereocenters. The first-order valence-electron chi connectivity index (χ1n) is 5.16. The lowest BCUT2D eigenvalue weighted by Crippen LogP contribution is -2.45. The Kier molecular flexibility index (Phi) is 3.50. The topological polar surface area (TPSA) is 40.6 Å². The van der Waals surface area contributed by atoms with E-state index in [1.54, 1.807) is 16.0 Å². The summed E-state index contributed by atoms with van der Waals surface area (Å²) < 4.78 is 0. The van der Waals surface area contributed by atoms with Crippen molar-refractivity contribution in [3.05, 3.63) is 11.8 Å². The zero-order valence-corrected chi connectivity index (χ0v) is 9.78. The van der Waals surface area contributed by atoms with Crippen molar-refractivity contribution in [2.45, 2.75) is 26.3 Å². The molecule has 0 aliphatic carbocycles. The van der Waals surface area contributed by atoms with Gasteiger partial charge in [0.05, 0.1) is 5.57 Å². The summed E-state index contributed by atoms with van der Waals surface area (Å²) in [6.07, 6.45) is 2.04. The molecule has 1 aliphatic rings. The number of carbonyl (C=O) groups excluding carboxylic acids is 2. The summed E-state index contributed by atoms with van der Waals surface area (Å²) in [5.41, 5.74) is 0.306. The van der Waals surface area contributed by atoms with E-state index in [4.69, 9.17) is 0 Å². The van der Waals surface area contributed by atoms with Crippen LogP contribution in [0.25, 0.3) is 0 Å². The Morgan fingerprint density at radius 1 is 1.33 bits per heavy atom. The minimum absolute atomic E-state index is 0.0504. The molecule has 0 bridgehead atoms. The van der Waals surface area contributed by atoms with Crippen LogP contribution in [0.5, 0.6) is 0 Å². The van der Waals surface area contributed by atoms with Gasteiger partial charge in [-0.05, 0) is 13.8 Å². The van der Waals surface area contributed by atoms with Gasteiger partial charge in [-0.25, -0.2) is 0 Å². The summed E-state index contributed by atoms with van der Waals surface area (Å²) in [4.78, 5) is 27.0. The summed E-state index contributed by atoms with van der Waals surface area (Å²) in [5.74, 6) is -0.194. The van der Waals surface area contributed by atoms with Crippen LogP contribution in [0.2, 0.25) is 0 Å². The third-order valence-corrected chi connectivity index (χ3v) is 2.38. The van der Waals surface area contributed by atoms with Crippen molar-refractivity contribution in [3.8, 4) is 0 Å². The van der Waals surface area contributed by atoms with Gasteiger partial charge < -0.3 is 9.80 Å². The highest BCUT2D eigenvalue weighted by atomic mass is 16.2. The number of hydrogen-bond acceptors (Lipinski definition) is 3. The predicted molar refractivity (Wildman–Crippen MR) is 58.2 cm³/mol. The Morgan fingerprint density at radius 3 is 2.40 bits per heavy atom. The maximum Gasteiger partial charge on any atom is 0.259 e. The standard InChI is InChI=1S/C11H18N2O2/c1-8(2)13-6-5-10(14)9(11(13)15)7-12(3)4/h7-8H,5-6H2,1-4H3/b9-7-. The normalized spacial score (nSPS) is 20.3. The van der Waals surface area contributed by atoms with E-state index in [1.807, 2.05) is 27.9 Å². The quantitative estimate of drug-likeness (QED) is 0.496. The monoisotopic (exact) mass is 210 g/mol. The predicted octanol–water partition coefficient (Wildman–Crippen LogP) is 0.642. The molecule has 0 aromatic heterocycles. The molecule has 0 radical (unpaired) electrons. The summed E-state index contributed by atoms with van der Waals surface area (Å²) in [6.45, 7) is 4.46. The fourth-order valence-corrected chi connectivity index (χ4v) is 1.61. The number of ketones is 1. The molecule has 0 aromatic rings. The fraction of sp³-hybridized carbons (Fsp3) is 0.636. The van der Waals surface area contributed by atoms with Gasteiger partial charge in [-0.15, -0.1) is 0 Å². The molecule has 1 amide bonds. The van der Waals surface area contributed by atoms with E-state index >= 15 is 0 Å². The molecule has 1 fully saturated rings. The summed E-state index contributed by atoms with van der Waals surface area (Å²) in [6, 6.07) is 0.149. The molecule has 0 unspecified atom stereocenters. The zero-order chi connectivity index (χ0) is 11.6. The van der Waals surface area contributed by atoms with Gasteiger partial charge in [0.25, 0.3) is 5.91 Å². The van der Waals surface area contributed by atoms with Gasteiger partial charge in [0.2, 0.25) is 0 Å². The highest BCUT2D eigenvalue weighted by Crippen LogP contribution is 2.16. The van der Waals surface area contributed by atoms with E-state index in [1.165, 1.54) is 0 Å². The minimum atomic E-state index is -0.144. The number of hydrogen-bond donors (Lipinski definition) is 0. The maximum absolute atomic E-state index is 11.9. The smallest absolute Gasteiger partial charge is 0.259 e. The molecule has 1 rings (SSSR count). The number of rotatable bonds is 2. The van der Waals surface area contributed by atoms with Gasteiger partial charge in [0, 0.05) is 39.3 Å². The van der Waals surface area contributed by atoms with Crippen LogP contribution in [-0.2, 0) is 9.59 Å². The lowest BCUT2D eigenvalue weighted by Gasteiger charge is -2.31. The third-order valence-electron chi connectivity index (χ3n) is 2.38. The van der Waals surface area contributed by atoms with Crippen molar-refractivity contribution in [2.75, 3.05) is 20.6 Å². The van der Waals surface area contributed by atoms with Crippen LogP contribution in [0.1, 0.15) is 20.3 Å². The Balaban J connectivity index is 2.94. The van der Waals surface area contributed by atoms with Gasteiger partial charge in [0.15, 0.2) is 5.78 Å². The average molecular weight is 210 g/mol. The summed E-state index contributed by atoms with van der Waals surface area (Å²) in [5, 5.41) is 0. The van der Waals surface area contributed by atoms with Gasteiger partial charge in [-0.1, -0.05) is 0 Å². The van der Waals surface area contributed by atoms with Gasteiger partial charge in [0.1, 0.15) is 0 Å². The molecular formula is C11H18N2O2. The number of likely N-dealkylation sites (tertiary alicyclic amines) is 1. The Morgan fingerprint density at radius 2 is 1.93 bits per heavy atom. The molecule has 4 nitrogen and oxygen atoms in total. The van der Waals surface area contributed by atoms with Crippen molar-refractivity contribution < 1.29 is 9.59 Å². The van der Waals surface area contributed by atoms with Gasteiger partial charge >= 0.3 is 0 Å². The highest BCUT2D eigenvalue weighted by Gasteiger charge is 2.30. The lowest BCUT2D eigenvalue weighted by atomic mass is 10.0. The molecule has 0 spiro atoms. The Labute approximate surface area is 90.5 Å². The van der Waals surface area contributed by atoms with Crippen LogP contribution in [0.3, 0.4) is 0 Å². The molecule has 84 valence electrons. The lowest BCUT2D eigenvalue weighted by molar-refractivity contribution is -0.134. The molecular weight excluding hydrogens is 192 g/mol. The van der Waals surface area contributed by atoms with E-state index < -0.39 is 0 Å². The van der Waals surface area contributed by atoms with Crippen LogP contribution < -0.4 is 0 Å². The van der Waals surface area contributed by atoms with Crippen molar-refractivity contribution in [2.24, 2.45) is 0 Å². The largest absolute Gasteiger partial charge is 0.383 e. The second-order valence-corrected chi connectivity index (χ2v) is 4.27. The molecule has 0 saturated carbocycles. The van der Waals surface area contributed by atoms with Crippen molar-refractivity contribution >= 4 is 11.7 Å². The van der Waals surface area contributed by atoms with Crippen molar-refractivity contribution in [1.82, 2.24) is 9.80 Å². The first-order valence-corrected chi connectivity index (χ1v) is 5.16. The molecule has 1 heterocycles. The average Bonchev–Trinajstić information content (AvgIpc) is 2.11. The Hall–Kier alpha value is -1.32. The molecule has 1 saturated heterocycles.